The van der Waals surface area contributed by atoms with Crippen LogP contribution in [0.1, 0.15) is 67.6 Å². The summed E-state index contributed by atoms with van der Waals surface area (Å²) in [5.74, 6) is 1.67. The van der Waals surface area contributed by atoms with Crippen LogP contribution in [0.2, 0.25) is 0 Å². The minimum absolute atomic E-state index is 0.00485. The van der Waals surface area contributed by atoms with Gasteiger partial charge in [0.05, 0.1) is 11.5 Å². The maximum Gasteiger partial charge on any atom is 0.319 e. The number of carbonyl (C=O) groups is 1. The van der Waals surface area contributed by atoms with Gasteiger partial charge in [-0.05, 0) is 53.1 Å². The van der Waals surface area contributed by atoms with Gasteiger partial charge < -0.3 is 10.6 Å². The molecule has 0 spiro atoms. The van der Waals surface area contributed by atoms with E-state index in [0.717, 1.165) is 16.8 Å². The van der Waals surface area contributed by atoms with Crippen LogP contribution >= 0.6 is 11.8 Å². The van der Waals surface area contributed by atoms with Crippen LogP contribution in [-0.2, 0) is 12.3 Å². The third kappa shape index (κ3) is 6.69. The van der Waals surface area contributed by atoms with Gasteiger partial charge in [0.1, 0.15) is 0 Å². The molecule has 4 rings (SSSR count). The average Bonchev–Trinajstić information content (AvgIpc) is 3.34. The number of urea groups is 1. The lowest BCUT2D eigenvalue weighted by Gasteiger charge is -2.20. The van der Waals surface area contributed by atoms with Crippen molar-refractivity contribution >= 4 is 29.2 Å². The van der Waals surface area contributed by atoms with E-state index in [9.17, 15) is 14.9 Å². The number of rotatable bonds is 10. The molecule has 0 aliphatic heterocycles. The Labute approximate surface area is 238 Å². The number of anilines is 1. The third-order valence-electron chi connectivity index (χ3n) is 6.66. The summed E-state index contributed by atoms with van der Waals surface area (Å²) in [6.45, 7) is 10.6. The van der Waals surface area contributed by atoms with E-state index in [2.05, 4.69) is 67.6 Å². The largest absolute Gasteiger partial charge is 0.331 e. The smallest absolute Gasteiger partial charge is 0.319 e. The van der Waals surface area contributed by atoms with Gasteiger partial charge in [0, 0.05) is 29.3 Å². The number of carbonyl (C=O) groups excluding carboxylic acids is 1. The van der Waals surface area contributed by atoms with Gasteiger partial charge in [-0.2, -0.15) is 0 Å². The molecular weight excluding hydrogens is 524 g/mol. The maximum absolute atomic E-state index is 13.1. The summed E-state index contributed by atoms with van der Waals surface area (Å²) in [7, 11) is 0. The Morgan fingerprint density at radius 3 is 2.20 bits per heavy atom. The molecule has 3 aromatic carbocycles. The van der Waals surface area contributed by atoms with Crippen LogP contribution < -0.4 is 10.6 Å². The van der Waals surface area contributed by atoms with Crippen molar-refractivity contribution in [1.29, 1.82) is 0 Å². The van der Waals surface area contributed by atoms with Crippen molar-refractivity contribution in [2.75, 3.05) is 5.32 Å². The zero-order valence-electron chi connectivity index (χ0n) is 23.3. The van der Waals surface area contributed by atoms with Gasteiger partial charge in [-0.3, -0.25) is 14.7 Å². The Hall–Kier alpha value is -4.18. The topological polar surface area (TPSA) is 115 Å². The predicted molar refractivity (Wildman–Crippen MR) is 159 cm³/mol. The highest BCUT2D eigenvalue weighted by Gasteiger charge is 2.19. The standard InChI is InChI=1S/C30H34N6O3S/c1-19(2)25-11-8-12-26(20(3)4)28(25)32-29(37)31-17-27-33-34-30(40-18-22-10-7-6-9-21(22)5)35(27)23-13-15-24(16-14-23)36(38)39/h6-16,19-20H,17-18H2,1-5H3,(H2,31,32,37). The molecule has 1 heterocycles. The number of para-hydroxylation sites is 1. The summed E-state index contributed by atoms with van der Waals surface area (Å²) in [5.41, 5.74) is 6.00. The van der Waals surface area contributed by atoms with Gasteiger partial charge in [-0.1, -0.05) is 81.9 Å². The fourth-order valence-electron chi connectivity index (χ4n) is 4.42. The second kappa shape index (κ2) is 12.8. The van der Waals surface area contributed by atoms with Crippen molar-refractivity contribution in [2.24, 2.45) is 0 Å². The molecule has 0 unspecified atom stereocenters. The number of nitro groups is 1. The number of aromatic nitrogens is 3. The van der Waals surface area contributed by atoms with Crippen molar-refractivity contribution in [2.45, 2.75) is 63.9 Å². The highest BCUT2D eigenvalue weighted by Crippen LogP contribution is 2.32. The quantitative estimate of drug-likeness (QED) is 0.119. The Kier molecular flexibility index (Phi) is 9.21. The molecule has 2 N–H and O–H groups in total. The van der Waals surface area contributed by atoms with Crippen molar-refractivity contribution in [3.8, 4) is 5.69 Å². The monoisotopic (exact) mass is 558 g/mol. The lowest BCUT2D eigenvalue weighted by molar-refractivity contribution is -0.384. The average molecular weight is 559 g/mol. The summed E-state index contributed by atoms with van der Waals surface area (Å²) in [4.78, 5) is 23.9. The zero-order valence-corrected chi connectivity index (χ0v) is 24.2. The fraction of sp³-hybridized carbons (Fsp3) is 0.300. The molecule has 2 amide bonds. The van der Waals surface area contributed by atoms with E-state index in [1.54, 1.807) is 12.1 Å². The molecule has 208 valence electrons. The molecule has 0 atom stereocenters. The Morgan fingerprint density at radius 2 is 1.60 bits per heavy atom. The summed E-state index contributed by atoms with van der Waals surface area (Å²) >= 11 is 1.51. The number of benzene rings is 3. The molecule has 9 nitrogen and oxygen atoms in total. The summed E-state index contributed by atoms with van der Waals surface area (Å²) in [6, 6.07) is 20.1. The van der Waals surface area contributed by atoms with Crippen molar-refractivity contribution in [3.63, 3.8) is 0 Å². The SMILES string of the molecule is Cc1ccccc1CSc1nnc(CNC(=O)Nc2c(C(C)C)cccc2C(C)C)n1-c1ccc([N+](=O)[O-])cc1. The molecule has 4 aromatic rings. The Balaban J connectivity index is 1.58. The van der Waals surface area contributed by atoms with Gasteiger partial charge in [-0.25, -0.2) is 4.79 Å². The highest BCUT2D eigenvalue weighted by molar-refractivity contribution is 7.98. The highest BCUT2D eigenvalue weighted by atomic mass is 32.2. The molecule has 0 saturated carbocycles. The number of nitrogens with zero attached hydrogens (tertiary/aromatic N) is 4. The lowest BCUT2D eigenvalue weighted by atomic mass is 9.93. The number of aryl methyl sites for hydroxylation is 1. The van der Waals surface area contributed by atoms with E-state index in [1.165, 1.54) is 35.0 Å². The van der Waals surface area contributed by atoms with Crippen LogP contribution in [0.25, 0.3) is 5.69 Å². The number of nitro benzene ring substituents is 1. The first-order valence-electron chi connectivity index (χ1n) is 13.2. The first kappa shape index (κ1) is 28.8. The van der Waals surface area contributed by atoms with Gasteiger partial charge in [0.2, 0.25) is 0 Å². The lowest BCUT2D eigenvalue weighted by Crippen LogP contribution is -2.30. The van der Waals surface area contributed by atoms with E-state index in [1.807, 2.05) is 34.9 Å². The zero-order chi connectivity index (χ0) is 28.8. The van der Waals surface area contributed by atoms with E-state index < -0.39 is 4.92 Å². The second-order valence-corrected chi connectivity index (χ2v) is 11.1. The van der Waals surface area contributed by atoms with Crippen LogP contribution in [0.5, 0.6) is 0 Å². The molecule has 0 aliphatic carbocycles. The summed E-state index contributed by atoms with van der Waals surface area (Å²) < 4.78 is 1.83. The molecular formula is C30H34N6O3S. The van der Waals surface area contributed by atoms with Crippen molar-refractivity contribution in [1.82, 2.24) is 20.1 Å². The van der Waals surface area contributed by atoms with Crippen molar-refractivity contribution < 1.29 is 9.72 Å². The van der Waals surface area contributed by atoms with Crippen LogP contribution in [-0.4, -0.2) is 25.7 Å². The van der Waals surface area contributed by atoms with E-state index in [0.29, 0.717) is 22.4 Å². The van der Waals surface area contributed by atoms with Crippen LogP contribution in [0, 0.1) is 17.0 Å². The maximum atomic E-state index is 13.1. The minimum atomic E-state index is -0.434. The first-order chi connectivity index (χ1) is 19.2. The Bertz CT molecular complexity index is 1470. The number of nitrogens with one attached hydrogen (secondary N) is 2. The molecule has 40 heavy (non-hydrogen) atoms. The van der Waals surface area contributed by atoms with Gasteiger partial charge in [-0.15, -0.1) is 10.2 Å². The minimum Gasteiger partial charge on any atom is -0.331 e. The number of amides is 2. The third-order valence-corrected chi connectivity index (χ3v) is 7.63. The van der Waals surface area contributed by atoms with Crippen molar-refractivity contribution in [3.05, 3.63) is 105 Å². The molecule has 0 bridgehead atoms. The summed E-state index contributed by atoms with van der Waals surface area (Å²) in [5, 5.41) is 26.6. The van der Waals surface area contributed by atoms with E-state index >= 15 is 0 Å². The number of hydrogen-bond acceptors (Lipinski definition) is 6. The van der Waals surface area contributed by atoms with Crippen LogP contribution in [0.3, 0.4) is 0 Å². The van der Waals surface area contributed by atoms with E-state index in [4.69, 9.17) is 0 Å². The number of non-ortho nitro benzene ring substituents is 1. The molecule has 0 fully saturated rings. The number of thioether (sulfide) groups is 1. The van der Waals surface area contributed by atoms with E-state index in [-0.39, 0.29) is 30.1 Å². The molecule has 0 saturated heterocycles. The van der Waals surface area contributed by atoms with Crippen LogP contribution in [0.4, 0.5) is 16.2 Å². The molecule has 1 aromatic heterocycles. The second-order valence-electron chi connectivity index (χ2n) is 10.2. The van der Waals surface area contributed by atoms with Gasteiger partial charge in [0.25, 0.3) is 5.69 Å². The summed E-state index contributed by atoms with van der Waals surface area (Å²) in [6.07, 6.45) is 0. The van der Waals surface area contributed by atoms with Gasteiger partial charge >= 0.3 is 6.03 Å². The first-order valence-corrected chi connectivity index (χ1v) is 14.2. The predicted octanol–water partition coefficient (Wildman–Crippen LogP) is 7.34. The molecule has 10 heteroatoms. The number of hydrogen-bond donors (Lipinski definition) is 2. The van der Waals surface area contributed by atoms with Crippen LogP contribution in [0.15, 0.2) is 71.9 Å². The Morgan fingerprint density at radius 1 is 0.950 bits per heavy atom. The molecule has 0 aliphatic rings. The molecule has 0 radical (unpaired) electrons. The van der Waals surface area contributed by atoms with Gasteiger partial charge in [0.15, 0.2) is 11.0 Å². The normalized spacial score (nSPS) is 11.2. The fourth-order valence-corrected chi connectivity index (χ4v) is 5.46.